The maximum absolute atomic E-state index is 13.1. The number of aryl methyl sites for hydroxylation is 1. The molecule has 0 radical (unpaired) electrons. The number of anilines is 1. The van der Waals surface area contributed by atoms with Gasteiger partial charge in [0.05, 0.1) is 5.69 Å². The highest BCUT2D eigenvalue weighted by atomic mass is 16.2. The molecule has 7 nitrogen and oxygen atoms in total. The van der Waals surface area contributed by atoms with Crippen molar-refractivity contribution >= 4 is 11.7 Å². The van der Waals surface area contributed by atoms with E-state index in [0.29, 0.717) is 36.7 Å². The maximum Gasteiger partial charge on any atom is 0.253 e. The minimum atomic E-state index is -0.0345. The van der Waals surface area contributed by atoms with Gasteiger partial charge in [-0.05, 0) is 37.5 Å². The fraction of sp³-hybridized carbons (Fsp3) is 0.304. The standard InChI is InChI=1S/C23H23N5O2/c1-14-2-4-16(5-3-14)23(30)27-10-15-6-18(12-27)20-7-17(8-22(29)28(20)11-15)19-9-21(24)26-13-25-19/h2-5,7-9,13,15,18H,6,10-12H2,1H3,(H2,24,25,26)/t15-,18+/m0/s1. The summed E-state index contributed by atoms with van der Waals surface area (Å²) in [7, 11) is 0. The number of aromatic nitrogens is 3. The molecule has 2 aromatic heterocycles. The van der Waals surface area contributed by atoms with Crippen molar-refractivity contribution < 1.29 is 4.79 Å². The summed E-state index contributed by atoms with van der Waals surface area (Å²) in [5.41, 5.74) is 9.93. The first kappa shape index (κ1) is 18.5. The Balaban J connectivity index is 1.48. The number of amides is 1. The van der Waals surface area contributed by atoms with Crippen LogP contribution in [0.1, 0.15) is 34.0 Å². The van der Waals surface area contributed by atoms with Crippen molar-refractivity contribution in [3.63, 3.8) is 0 Å². The van der Waals surface area contributed by atoms with Crippen LogP contribution in [0.25, 0.3) is 11.3 Å². The van der Waals surface area contributed by atoms with E-state index in [9.17, 15) is 9.59 Å². The molecule has 1 fully saturated rings. The molecule has 0 unspecified atom stereocenters. The third kappa shape index (κ3) is 3.26. The van der Waals surface area contributed by atoms with E-state index in [4.69, 9.17) is 5.73 Å². The molecule has 2 aliphatic rings. The minimum absolute atomic E-state index is 0.0345. The lowest BCUT2D eigenvalue weighted by molar-refractivity contribution is 0.0594. The van der Waals surface area contributed by atoms with E-state index < -0.39 is 0 Å². The van der Waals surface area contributed by atoms with E-state index in [1.807, 2.05) is 46.7 Å². The summed E-state index contributed by atoms with van der Waals surface area (Å²) in [6, 6.07) is 13.0. The van der Waals surface area contributed by atoms with Crippen LogP contribution in [0.5, 0.6) is 0 Å². The molecule has 2 bridgehead atoms. The fourth-order valence-electron chi connectivity index (χ4n) is 4.68. The van der Waals surface area contributed by atoms with Crippen LogP contribution in [0.2, 0.25) is 0 Å². The van der Waals surface area contributed by atoms with Gasteiger partial charge in [-0.15, -0.1) is 0 Å². The first-order valence-corrected chi connectivity index (χ1v) is 10.2. The van der Waals surface area contributed by atoms with Crippen molar-refractivity contribution in [3.8, 4) is 11.3 Å². The van der Waals surface area contributed by atoms with Crippen LogP contribution in [0, 0.1) is 12.8 Å². The van der Waals surface area contributed by atoms with Gasteiger partial charge in [-0.2, -0.15) is 0 Å². The van der Waals surface area contributed by atoms with Crippen LogP contribution in [0.4, 0.5) is 5.82 Å². The number of rotatable bonds is 2. The molecule has 4 heterocycles. The van der Waals surface area contributed by atoms with Gasteiger partial charge in [0.25, 0.3) is 11.5 Å². The quantitative estimate of drug-likeness (QED) is 0.712. The Morgan fingerprint density at radius 2 is 1.87 bits per heavy atom. The molecule has 1 amide bonds. The minimum Gasteiger partial charge on any atom is -0.384 e. The Bertz CT molecular complexity index is 1180. The largest absolute Gasteiger partial charge is 0.384 e. The molecule has 7 heteroatoms. The van der Waals surface area contributed by atoms with Gasteiger partial charge < -0.3 is 15.2 Å². The highest BCUT2D eigenvalue weighted by molar-refractivity contribution is 5.94. The summed E-state index contributed by atoms with van der Waals surface area (Å²) >= 11 is 0. The van der Waals surface area contributed by atoms with Gasteiger partial charge >= 0.3 is 0 Å². The fourth-order valence-corrected chi connectivity index (χ4v) is 4.68. The molecule has 3 aromatic rings. The molecule has 1 aromatic carbocycles. The zero-order valence-electron chi connectivity index (χ0n) is 16.8. The second-order valence-electron chi connectivity index (χ2n) is 8.32. The normalized spacial score (nSPS) is 20.0. The molecule has 0 aliphatic carbocycles. The van der Waals surface area contributed by atoms with E-state index in [1.54, 1.807) is 12.1 Å². The van der Waals surface area contributed by atoms with Crippen molar-refractivity contribution in [2.24, 2.45) is 5.92 Å². The number of hydrogen-bond acceptors (Lipinski definition) is 5. The average Bonchev–Trinajstić information content (AvgIpc) is 2.74. The van der Waals surface area contributed by atoms with E-state index in [0.717, 1.165) is 23.2 Å². The molecule has 0 spiro atoms. The van der Waals surface area contributed by atoms with Crippen LogP contribution in [-0.2, 0) is 6.54 Å². The zero-order chi connectivity index (χ0) is 20.8. The highest BCUT2D eigenvalue weighted by Gasteiger charge is 2.36. The Labute approximate surface area is 174 Å². The van der Waals surface area contributed by atoms with Crippen LogP contribution in [0.3, 0.4) is 0 Å². The summed E-state index contributed by atoms with van der Waals surface area (Å²) in [5, 5.41) is 0. The molecular weight excluding hydrogens is 378 g/mol. The molecule has 152 valence electrons. The third-order valence-corrected chi connectivity index (χ3v) is 6.13. The lowest BCUT2D eigenvalue weighted by Gasteiger charge is -2.43. The number of piperidine rings is 1. The Kier molecular flexibility index (Phi) is 4.38. The van der Waals surface area contributed by atoms with Crippen molar-refractivity contribution in [2.75, 3.05) is 18.8 Å². The van der Waals surface area contributed by atoms with Crippen LogP contribution >= 0.6 is 0 Å². The number of benzene rings is 1. The Morgan fingerprint density at radius 1 is 1.07 bits per heavy atom. The van der Waals surface area contributed by atoms with E-state index in [2.05, 4.69) is 9.97 Å². The molecule has 5 rings (SSSR count). The summed E-state index contributed by atoms with van der Waals surface area (Å²) in [4.78, 5) is 36.1. The molecule has 1 saturated heterocycles. The summed E-state index contributed by atoms with van der Waals surface area (Å²) in [6.45, 7) is 3.93. The number of nitrogen functional groups attached to an aromatic ring is 1. The molecule has 0 saturated carbocycles. The molecule has 30 heavy (non-hydrogen) atoms. The number of carbonyl (C=O) groups excluding carboxylic acids is 1. The summed E-state index contributed by atoms with van der Waals surface area (Å²) in [5.74, 6) is 0.827. The lowest BCUT2D eigenvalue weighted by Crippen LogP contribution is -2.49. The summed E-state index contributed by atoms with van der Waals surface area (Å²) in [6.07, 6.45) is 2.38. The van der Waals surface area contributed by atoms with Crippen LogP contribution in [0.15, 0.2) is 53.6 Å². The lowest BCUT2D eigenvalue weighted by atomic mass is 9.82. The molecular formula is C23H23N5O2. The number of pyridine rings is 1. The van der Waals surface area contributed by atoms with Gasteiger partial charge in [-0.3, -0.25) is 9.59 Å². The highest BCUT2D eigenvalue weighted by Crippen LogP contribution is 2.37. The third-order valence-electron chi connectivity index (χ3n) is 6.13. The Morgan fingerprint density at radius 3 is 2.63 bits per heavy atom. The number of hydrogen-bond donors (Lipinski definition) is 1. The van der Waals surface area contributed by atoms with Gasteiger partial charge in [0.2, 0.25) is 0 Å². The van der Waals surface area contributed by atoms with E-state index >= 15 is 0 Å². The molecule has 2 aliphatic heterocycles. The van der Waals surface area contributed by atoms with Gasteiger partial charge in [0, 0.05) is 54.5 Å². The number of nitrogens with two attached hydrogens (primary N) is 1. The Hall–Kier alpha value is -3.48. The van der Waals surface area contributed by atoms with Gasteiger partial charge in [0.15, 0.2) is 0 Å². The smallest absolute Gasteiger partial charge is 0.253 e. The number of nitrogens with zero attached hydrogens (tertiary/aromatic N) is 4. The first-order valence-electron chi connectivity index (χ1n) is 10.2. The van der Waals surface area contributed by atoms with E-state index in [1.165, 1.54) is 6.33 Å². The van der Waals surface area contributed by atoms with Crippen molar-refractivity contribution in [2.45, 2.75) is 25.8 Å². The second kappa shape index (κ2) is 7.09. The van der Waals surface area contributed by atoms with Crippen molar-refractivity contribution in [3.05, 3.63) is 76.0 Å². The average molecular weight is 401 g/mol. The van der Waals surface area contributed by atoms with E-state index in [-0.39, 0.29) is 23.3 Å². The molecule has 2 atom stereocenters. The van der Waals surface area contributed by atoms with Crippen molar-refractivity contribution in [1.82, 2.24) is 19.4 Å². The summed E-state index contributed by atoms with van der Waals surface area (Å²) < 4.78 is 1.86. The van der Waals surface area contributed by atoms with Gasteiger partial charge in [-0.25, -0.2) is 9.97 Å². The van der Waals surface area contributed by atoms with Crippen LogP contribution < -0.4 is 11.3 Å². The first-order chi connectivity index (χ1) is 14.5. The maximum atomic E-state index is 13.1. The van der Waals surface area contributed by atoms with Gasteiger partial charge in [-0.1, -0.05) is 17.7 Å². The van der Waals surface area contributed by atoms with Crippen molar-refractivity contribution in [1.29, 1.82) is 0 Å². The zero-order valence-corrected chi connectivity index (χ0v) is 16.8. The van der Waals surface area contributed by atoms with Crippen LogP contribution in [-0.4, -0.2) is 38.4 Å². The second-order valence-corrected chi connectivity index (χ2v) is 8.32. The van der Waals surface area contributed by atoms with Gasteiger partial charge in [0.1, 0.15) is 12.1 Å². The monoisotopic (exact) mass is 401 g/mol. The number of carbonyl (C=O) groups is 1. The predicted octanol–water partition coefficient (Wildman–Crippen LogP) is 2.46. The SMILES string of the molecule is Cc1ccc(C(=O)N2C[C@@H]3C[C@H](C2)c2cc(-c4cc(N)ncn4)cc(=O)n2C3)cc1. The molecule has 2 N–H and O–H groups in total. The topological polar surface area (TPSA) is 94.1 Å². The number of likely N-dealkylation sites (tertiary alicyclic amines) is 1. The number of fused-ring (bicyclic) bond motifs is 4. The predicted molar refractivity (Wildman–Crippen MR) is 114 cm³/mol.